The number of hydrogen-bond acceptors (Lipinski definition) is 8. The van der Waals surface area contributed by atoms with Crippen LogP contribution < -0.4 is 29.1 Å². The van der Waals surface area contributed by atoms with Crippen LogP contribution >= 0.6 is 22.9 Å². The van der Waals surface area contributed by atoms with Gasteiger partial charge in [-0.05, 0) is 69.2 Å². The van der Waals surface area contributed by atoms with E-state index in [2.05, 4.69) is 10.9 Å². The third-order valence-electron chi connectivity index (χ3n) is 5.94. The van der Waals surface area contributed by atoms with Crippen LogP contribution in [0.4, 0.5) is 0 Å². The van der Waals surface area contributed by atoms with Crippen molar-refractivity contribution in [2.75, 3.05) is 20.3 Å². The van der Waals surface area contributed by atoms with Gasteiger partial charge in [0.25, 0.3) is 5.56 Å². The van der Waals surface area contributed by atoms with E-state index >= 15 is 0 Å². The summed E-state index contributed by atoms with van der Waals surface area (Å²) in [6.45, 7) is 7.74. The van der Waals surface area contributed by atoms with Crippen molar-refractivity contribution in [3.63, 3.8) is 0 Å². The van der Waals surface area contributed by atoms with Gasteiger partial charge in [-0.15, -0.1) is 6.42 Å². The minimum Gasteiger partial charge on any atom is -0.494 e. The number of hydrogen-bond donors (Lipinski definition) is 0. The highest BCUT2D eigenvalue weighted by atomic mass is 35.5. The first-order valence-electron chi connectivity index (χ1n) is 12.6. The van der Waals surface area contributed by atoms with Crippen molar-refractivity contribution in [1.29, 1.82) is 0 Å². The number of terminal acetylenes is 1. The number of ether oxygens (including phenoxy) is 4. The van der Waals surface area contributed by atoms with Gasteiger partial charge in [0.1, 0.15) is 12.4 Å². The number of allylic oxidation sites excluding steroid dienone is 1. The highest BCUT2D eigenvalue weighted by Crippen LogP contribution is 2.37. The average molecular weight is 581 g/mol. The molecule has 0 amide bonds. The summed E-state index contributed by atoms with van der Waals surface area (Å²) in [5.74, 6) is 3.26. The fourth-order valence-electron chi connectivity index (χ4n) is 4.32. The van der Waals surface area contributed by atoms with Gasteiger partial charge >= 0.3 is 5.97 Å². The van der Waals surface area contributed by atoms with Crippen LogP contribution in [-0.4, -0.2) is 37.0 Å². The van der Waals surface area contributed by atoms with E-state index in [0.29, 0.717) is 50.0 Å². The first kappa shape index (κ1) is 29.0. The monoisotopic (exact) mass is 580 g/mol. The van der Waals surface area contributed by atoms with Crippen molar-refractivity contribution >= 4 is 35.0 Å². The predicted octanol–water partition coefficient (Wildman–Crippen LogP) is 4.26. The molecule has 1 aliphatic heterocycles. The summed E-state index contributed by atoms with van der Waals surface area (Å²) in [7, 11) is 1.49. The first-order valence-corrected chi connectivity index (χ1v) is 13.8. The highest BCUT2D eigenvalue weighted by Gasteiger charge is 2.33. The second kappa shape index (κ2) is 12.5. The lowest BCUT2D eigenvalue weighted by molar-refractivity contribution is -0.143. The minimum absolute atomic E-state index is 0.0283. The number of carbonyl (C=O) groups excluding carboxylic acids is 1. The Morgan fingerprint density at radius 1 is 1.25 bits per heavy atom. The van der Waals surface area contributed by atoms with Crippen molar-refractivity contribution < 1.29 is 23.7 Å². The van der Waals surface area contributed by atoms with Crippen LogP contribution in [0.2, 0.25) is 5.02 Å². The molecule has 1 aliphatic rings. The molecule has 2 aromatic carbocycles. The maximum atomic E-state index is 13.9. The van der Waals surface area contributed by atoms with Crippen LogP contribution in [0.3, 0.4) is 0 Å². The smallest absolute Gasteiger partial charge is 0.338 e. The number of thiazole rings is 1. The zero-order valence-electron chi connectivity index (χ0n) is 22.8. The maximum Gasteiger partial charge on any atom is 0.338 e. The van der Waals surface area contributed by atoms with Crippen LogP contribution in [0.5, 0.6) is 17.2 Å². The first-order chi connectivity index (χ1) is 19.2. The summed E-state index contributed by atoms with van der Waals surface area (Å²) in [5, 5.41) is 0.287. The van der Waals surface area contributed by atoms with Gasteiger partial charge in [-0.2, -0.15) is 0 Å². The van der Waals surface area contributed by atoms with E-state index in [9.17, 15) is 9.59 Å². The van der Waals surface area contributed by atoms with Crippen LogP contribution in [0.1, 0.15) is 44.9 Å². The molecule has 1 aromatic heterocycles. The van der Waals surface area contributed by atoms with E-state index in [0.717, 1.165) is 5.56 Å². The zero-order chi connectivity index (χ0) is 29.0. The van der Waals surface area contributed by atoms with Crippen LogP contribution in [0.25, 0.3) is 6.08 Å². The molecule has 0 saturated heterocycles. The summed E-state index contributed by atoms with van der Waals surface area (Å²) >= 11 is 7.66. The summed E-state index contributed by atoms with van der Waals surface area (Å²) in [6.07, 6.45) is 6.66. The fraction of sp³-hybridized carbons (Fsp3) is 0.300. The number of methoxy groups -OCH3 is 1. The van der Waals surface area contributed by atoms with Crippen molar-refractivity contribution in [2.24, 2.45) is 4.99 Å². The largest absolute Gasteiger partial charge is 0.494 e. The van der Waals surface area contributed by atoms with Crippen molar-refractivity contribution in [3.05, 3.63) is 83.5 Å². The molecule has 8 nitrogen and oxygen atoms in total. The van der Waals surface area contributed by atoms with Gasteiger partial charge in [0.2, 0.25) is 0 Å². The molecule has 0 fully saturated rings. The zero-order valence-corrected chi connectivity index (χ0v) is 24.4. The average Bonchev–Trinajstić information content (AvgIpc) is 3.21. The number of benzene rings is 2. The molecule has 3 aromatic rings. The minimum atomic E-state index is -0.738. The standard InChI is InChI=1S/C30H29ClN2O6S/c1-7-13-38-27-22(31)14-19(15-23(27)36-6)16-24-28(34)33-26(20-9-11-21(12-10-20)37-8-2)25(29(35)39-17(3)4)18(5)32-30(33)40-24/h1,9-12,14-17,26H,8,13H2,2-6H3/b24-16+/t26-/m1/s1. The number of halogens is 1. The molecule has 0 unspecified atom stereocenters. The SMILES string of the molecule is C#CCOc1c(Cl)cc(/C=c2/sc3n(c2=O)[C@H](c2ccc(OCC)cc2)C(C(=O)OC(C)C)=C(C)N=3)cc1OC. The molecule has 0 aliphatic carbocycles. The topological polar surface area (TPSA) is 88.4 Å². The van der Waals surface area contributed by atoms with Gasteiger partial charge in [0.15, 0.2) is 16.3 Å². The van der Waals surface area contributed by atoms with E-state index in [1.807, 2.05) is 31.2 Å². The molecule has 0 N–H and O–H groups in total. The van der Waals surface area contributed by atoms with Crippen LogP contribution in [-0.2, 0) is 9.53 Å². The predicted molar refractivity (Wildman–Crippen MR) is 155 cm³/mol. The third-order valence-corrected chi connectivity index (χ3v) is 7.20. The molecule has 4 rings (SSSR count). The molecule has 40 heavy (non-hydrogen) atoms. The number of nitrogens with zero attached hydrogens (tertiary/aromatic N) is 2. The molecule has 0 bridgehead atoms. The molecule has 2 heterocycles. The van der Waals surface area contributed by atoms with Gasteiger partial charge in [0.05, 0.1) is 46.7 Å². The summed E-state index contributed by atoms with van der Waals surface area (Å²) in [4.78, 5) is 32.2. The van der Waals surface area contributed by atoms with Gasteiger partial charge in [-0.25, -0.2) is 9.79 Å². The highest BCUT2D eigenvalue weighted by molar-refractivity contribution is 7.07. The number of fused-ring (bicyclic) bond motifs is 1. The Hall–Kier alpha value is -4.00. The van der Waals surface area contributed by atoms with E-state index in [1.54, 1.807) is 39.0 Å². The molecular weight excluding hydrogens is 552 g/mol. The quantitative estimate of drug-likeness (QED) is 0.278. The van der Waals surface area contributed by atoms with E-state index in [4.69, 9.17) is 37.0 Å². The summed E-state index contributed by atoms with van der Waals surface area (Å²) in [6, 6.07) is 9.94. The third kappa shape index (κ3) is 5.93. The molecule has 10 heteroatoms. The van der Waals surface area contributed by atoms with Crippen molar-refractivity contribution in [3.8, 4) is 29.6 Å². The Balaban J connectivity index is 1.88. The lowest BCUT2D eigenvalue weighted by Gasteiger charge is -2.25. The van der Waals surface area contributed by atoms with Crippen molar-refractivity contribution in [2.45, 2.75) is 39.8 Å². The molecule has 0 spiro atoms. The lowest BCUT2D eigenvalue weighted by atomic mass is 9.96. The number of esters is 1. The number of rotatable bonds is 9. The van der Waals surface area contributed by atoms with Gasteiger partial charge < -0.3 is 18.9 Å². The normalized spacial score (nSPS) is 14.8. The number of aromatic nitrogens is 1. The van der Waals surface area contributed by atoms with Gasteiger partial charge in [0, 0.05) is 0 Å². The summed E-state index contributed by atoms with van der Waals surface area (Å²) < 4.78 is 24.0. The lowest BCUT2D eigenvalue weighted by Crippen LogP contribution is -2.40. The molecule has 0 radical (unpaired) electrons. The second-order valence-corrected chi connectivity index (χ2v) is 10.5. The van der Waals surface area contributed by atoms with Gasteiger partial charge in [-0.3, -0.25) is 9.36 Å². The Morgan fingerprint density at radius 3 is 2.60 bits per heavy atom. The summed E-state index contributed by atoms with van der Waals surface area (Å²) in [5.41, 5.74) is 1.81. The maximum absolute atomic E-state index is 13.9. The Labute approximate surface area is 241 Å². The molecule has 0 saturated carbocycles. The van der Waals surface area contributed by atoms with E-state index in [-0.39, 0.29) is 23.3 Å². The Kier molecular flexibility index (Phi) is 9.03. The Bertz CT molecular complexity index is 1680. The van der Waals surface area contributed by atoms with E-state index in [1.165, 1.54) is 23.0 Å². The van der Waals surface area contributed by atoms with E-state index < -0.39 is 12.0 Å². The molecule has 1 atom stereocenters. The van der Waals surface area contributed by atoms with Crippen LogP contribution in [0, 0.1) is 12.3 Å². The number of carbonyl (C=O) groups is 1. The second-order valence-electron chi connectivity index (χ2n) is 9.06. The molecule has 208 valence electrons. The van der Waals surface area contributed by atoms with Crippen molar-refractivity contribution in [1.82, 2.24) is 4.57 Å². The Morgan fingerprint density at radius 2 is 1.98 bits per heavy atom. The fourth-order valence-corrected chi connectivity index (χ4v) is 5.64. The molecular formula is C30H29ClN2O6S. The van der Waals surface area contributed by atoms with Gasteiger partial charge in [-0.1, -0.05) is 41.0 Å². The van der Waals surface area contributed by atoms with Crippen LogP contribution in [0.15, 0.2) is 57.5 Å².